The van der Waals surface area contributed by atoms with Gasteiger partial charge in [-0.05, 0) is 61.4 Å². The molecule has 1 saturated heterocycles. The van der Waals surface area contributed by atoms with Gasteiger partial charge in [0.2, 0.25) is 5.60 Å². The number of anilines is 1. The maximum absolute atomic E-state index is 15.5. The van der Waals surface area contributed by atoms with Gasteiger partial charge in [0, 0.05) is 97.0 Å². The molecule has 63 heavy (non-hydrogen) atoms. The van der Waals surface area contributed by atoms with Crippen LogP contribution in [0, 0.1) is 11.3 Å². The Labute approximate surface area is 367 Å². The maximum atomic E-state index is 15.5. The highest BCUT2D eigenvalue weighted by molar-refractivity contribution is 5.97. The normalized spacial score (nSPS) is 32.6. The van der Waals surface area contributed by atoms with Crippen molar-refractivity contribution in [3.63, 3.8) is 0 Å². The fourth-order valence-electron chi connectivity index (χ4n) is 13.3. The van der Waals surface area contributed by atoms with Crippen LogP contribution in [0.25, 0.3) is 10.9 Å². The number of likely N-dealkylation sites (N-methyl/N-ethyl adjacent to an activating group) is 1. The first-order valence-corrected chi connectivity index (χ1v) is 22.0. The summed E-state index contributed by atoms with van der Waals surface area (Å²) in [7, 11) is 7.45. The molecule has 1 saturated carbocycles. The molecule has 8 atom stereocenters. The first kappa shape index (κ1) is 42.7. The predicted molar refractivity (Wildman–Crippen MR) is 234 cm³/mol. The molecular formula is C49H58N4O10. The molecule has 2 N–H and O–H groups in total. The molecule has 6 heterocycles. The molecule has 1 spiro atoms. The number of hydrogen-bond donors (Lipinski definition) is 2. The highest BCUT2D eigenvalue weighted by Crippen LogP contribution is 2.68. The van der Waals surface area contributed by atoms with Crippen molar-refractivity contribution in [1.29, 1.82) is 0 Å². The van der Waals surface area contributed by atoms with Crippen molar-refractivity contribution in [2.75, 3.05) is 66.6 Å². The molecule has 2 bridgehead atoms. The minimum absolute atomic E-state index is 0.158. The Bertz CT molecular complexity index is 2510. The lowest BCUT2D eigenvalue weighted by Crippen LogP contribution is -2.81. The number of aromatic nitrogens is 1. The number of rotatable bonds is 8. The molecule has 14 heteroatoms. The Balaban J connectivity index is 1.39. The summed E-state index contributed by atoms with van der Waals surface area (Å²) in [6.07, 6.45) is 9.15. The minimum Gasteiger partial charge on any atom is -0.496 e. The van der Waals surface area contributed by atoms with Crippen molar-refractivity contribution >= 4 is 40.5 Å². The van der Waals surface area contributed by atoms with Gasteiger partial charge >= 0.3 is 23.9 Å². The van der Waals surface area contributed by atoms with Crippen LogP contribution in [-0.4, -0.2) is 129 Å². The fraction of sp³-hybridized carbons (Fsp3) is 0.510. The topological polar surface area (TPSA) is 160 Å². The molecule has 0 amide bonds. The number of carbonyl (C=O) groups excluding carboxylic acids is 4. The fourth-order valence-corrected chi connectivity index (χ4v) is 13.3. The number of ether oxygens (including phenoxy) is 5. The van der Waals surface area contributed by atoms with Crippen molar-refractivity contribution in [3.05, 3.63) is 94.4 Å². The number of benzene rings is 2. The maximum Gasteiger partial charge on any atom is 0.344 e. The second-order valence-electron chi connectivity index (χ2n) is 18.3. The smallest absolute Gasteiger partial charge is 0.344 e. The Morgan fingerprint density at radius 3 is 2.41 bits per heavy atom. The summed E-state index contributed by atoms with van der Waals surface area (Å²) in [5, 5.41) is 14.2. The minimum atomic E-state index is -2.34. The number of aliphatic hydroxyl groups is 1. The van der Waals surface area contributed by atoms with E-state index in [0.717, 1.165) is 28.5 Å². The van der Waals surface area contributed by atoms with E-state index in [9.17, 15) is 19.5 Å². The molecule has 6 aliphatic rings. The van der Waals surface area contributed by atoms with E-state index in [-0.39, 0.29) is 24.8 Å². The van der Waals surface area contributed by atoms with Crippen LogP contribution in [0.1, 0.15) is 68.8 Å². The molecule has 0 radical (unpaired) electrons. The lowest BCUT2D eigenvalue weighted by molar-refractivity contribution is -0.228. The number of methoxy groups -OCH3 is 4. The van der Waals surface area contributed by atoms with Crippen molar-refractivity contribution < 1.29 is 48.0 Å². The van der Waals surface area contributed by atoms with E-state index in [2.05, 4.69) is 33.8 Å². The summed E-state index contributed by atoms with van der Waals surface area (Å²) >= 11 is 0. The van der Waals surface area contributed by atoms with E-state index in [1.54, 1.807) is 7.11 Å². The van der Waals surface area contributed by atoms with Gasteiger partial charge in [0.25, 0.3) is 0 Å². The number of aromatic amines is 1. The zero-order valence-corrected chi connectivity index (χ0v) is 37.4. The number of nitrogens with zero attached hydrogens (tertiary/aromatic N) is 3. The standard InChI is InChI=1S/C49H58N4O10/c1-9-29-20-30-24-48(44(56)61-7,39-33(32-14-11-12-15-36(32)50-39)21-31(40(55)60-6)27-52(25-29)26-30)35-22-34-37(23-38(35)59-5)51(4)42-47(34)17-19-53-18-13-16-46(10-2,41(47)53)43(63-28(3)54)49(42,58)45(57)62-8/h11-16,20,22-23,27,30,41-43,50,58H,9-10,17-19,21,24-26H2,1-8H3/b31-27+/t30-,41-,42+,43+,46+,47+,48-,49-/m0/s1. The average Bonchev–Trinajstić information content (AvgIpc) is 3.95. The number of carbonyl (C=O) groups is 4. The third-order valence-corrected chi connectivity index (χ3v) is 15.5. The van der Waals surface area contributed by atoms with Crippen LogP contribution in [0.3, 0.4) is 0 Å². The summed E-state index contributed by atoms with van der Waals surface area (Å²) in [5.41, 5.74) is -0.0518. The highest BCUT2D eigenvalue weighted by Gasteiger charge is 2.80. The summed E-state index contributed by atoms with van der Waals surface area (Å²) in [6, 6.07) is 10.5. The molecule has 5 aliphatic heterocycles. The molecule has 2 aromatic carbocycles. The van der Waals surface area contributed by atoms with Gasteiger partial charge in [-0.2, -0.15) is 0 Å². The van der Waals surface area contributed by atoms with Gasteiger partial charge in [-0.1, -0.05) is 55.8 Å². The summed E-state index contributed by atoms with van der Waals surface area (Å²) in [6.45, 7) is 7.80. The summed E-state index contributed by atoms with van der Waals surface area (Å²) < 4.78 is 29.4. The van der Waals surface area contributed by atoms with Crippen LogP contribution in [0.2, 0.25) is 0 Å². The van der Waals surface area contributed by atoms with Crippen molar-refractivity contribution in [3.8, 4) is 5.75 Å². The third kappa shape index (κ3) is 5.75. The van der Waals surface area contributed by atoms with E-state index in [4.69, 9.17) is 23.7 Å². The Kier molecular flexibility index (Phi) is 10.4. The average molecular weight is 863 g/mol. The molecular weight excluding hydrogens is 805 g/mol. The largest absolute Gasteiger partial charge is 0.496 e. The lowest BCUT2D eigenvalue weighted by atomic mass is 9.47. The number of H-pyrrole nitrogens is 1. The summed E-state index contributed by atoms with van der Waals surface area (Å²) in [4.78, 5) is 66.9. The quantitative estimate of drug-likeness (QED) is 0.180. The van der Waals surface area contributed by atoms with Gasteiger partial charge < -0.3 is 43.6 Å². The number of fused-ring (bicyclic) bond motifs is 6. The molecule has 1 aromatic heterocycles. The lowest BCUT2D eigenvalue weighted by Gasteiger charge is -2.63. The Hall–Kier alpha value is -5.60. The van der Waals surface area contributed by atoms with Crippen molar-refractivity contribution in [2.45, 2.75) is 87.5 Å². The molecule has 9 rings (SSSR count). The zero-order valence-electron chi connectivity index (χ0n) is 37.4. The van der Waals surface area contributed by atoms with Gasteiger partial charge in [0.1, 0.15) is 11.2 Å². The third-order valence-electron chi connectivity index (χ3n) is 15.5. The van der Waals surface area contributed by atoms with Crippen LogP contribution in [0.15, 0.2) is 72.0 Å². The van der Waals surface area contributed by atoms with Crippen LogP contribution >= 0.6 is 0 Å². The number of hydrogen-bond acceptors (Lipinski definition) is 13. The van der Waals surface area contributed by atoms with E-state index in [1.807, 2.05) is 67.6 Å². The Morgan fingerprint density at radius 1 is 0.968 bits per heavy atom. The summed E-state index contributed by atoms with van der Waals surface area (Å²) in [5.74, 6) is -2.29. The number of nitrogens with one attached hydrogen (secondary N) is 1. The Morgan fingerprint density at radius 2 is 1.73 bits per heavy atom. The SMILES string of the molecule is CCC1=C[C@@H]2CN(/C=C(/C(=O)OC)Cc3c([nH]c4ccccc34)[C@@](C(=O)OC)(c3cc4c(cc3OC)N(C)[C@H]3[C@@](O)(C(=O)OC)[C@H](OC(C)=O)[C@]5(CC)C=CCN6CC[C@]43[C@@H]65)C2)C1. The zero-order chi connectivity index (χ0) is 44.8. The van der Waals surface area contributed by atoms with Crippen LogP contribution < -0.4 is 9.64 Å². The number of para-hydroxylation sites is 1. The van der Waals surface area contributed by atoms with Gasteiger partial charge in [0.15, 0.2) is 6.10 Å². The first-order valence-electron chi connectivity index (χ1n) is 22.0. The van der Waals surface area contributed by atoms with Crippen LogP contribution in [0.4, 0.5) is 5.69 Å². The highest BCUT2D eigenvalue weighted by atomic mass is 16.6. The first-order chi connectivity index (χ1) is 30.2. The molecule has 2 fully saturated rings. The van der Waals surface area contributed by atoms with E-state index in [1.165, 1.54) is 33.8 Å². The van der Waals surface area contributed by atoms with Crippen molar-refractivity contribution in [2.24, 2.45) is 11.3 Å². The molecule has 3 aromatic rings. The van der Waals surface area contributed by atoms with Gasteiger partial charge in [-0.3, -0.25) is 14.5 Å². The van der Waals surface area contributed by atoms with E-state index < -0.39 is 57.9 Å². The number of esters is 4. The van der Waals surface area contributed by atoms with Crippen LogP contribution in [0.5, 0.6) is 5.75 Å². The molecule has 1 aliphatic carbocycles. The monoisotopic (exact) mass is 862 g/mol. The van der Waals surface area contributed by atoms with Gasteiger partial charge in [-0.15, -0.1) is 0 Å². The predicted octanol–water partition coefficient (Wildman–Crippen LogP) is 4.85. The second-order valence-corrected chi connectivity index (χ2v) is 18.3. The molecule has 0 unspecified atom stereocenters. The van der Waals surface area contributed by atoms with Crippen LogP contribution in [-0.2, 0) is 55.4 Å². The van der Waals surface area contributed by atoms with Gasteiger partial charge in [-0.25, -0.2) is 9.59 Å². The van der Waals surface area contributed by atoms with E-state index in [0.29, 0.717) is 67.3 Å². The van der Waals surface area contributed by atoms with Gasteiger partial charge in [0.05, 0.1) is 40.1 Å². The second kappa shape index (κ2) is 15.3. The molecule has 334 valence electrons. The molecule has 14 nitrogen and oxygen atoms in total. The van der Waals surface area contributed by atoms with E-state index >= 15 is 4.79 Å². The van der Waals surface area contributed by atoms with Crippen molar-refractivity contribution in [1.82, 2.24) is 14.8 Å².